The number of amides is 3. The van der Waals surface area contributed by atoms with E-state index >= 15 is 0 Å². The smallest absolute Gasteiger partial charge is 0.408 e. The highest BCUT2D eigenvalue weighted by Crippen LogP contribution is 2.52. The molecule has 0 radical (unpaired) electrons. The highest BCUT2D eigenvalue weighted by Gasteiger charge is 2.61. The van der Waals surface area contributed by atoms with Crippen molar-refractivity contribution in [3.05, 3.63) is 42.3 Å². The lowest BCUT2D eigenvalue weighted by atomic mass is 9.85. The number of carboxylic acids is 1. The first-order valence-electron chi connectivity index (χ1n) is 19.6. The monoisotopic (exact) mass is 804 g/mol. The number of alkyl carbamates (subject to hydrolysis) is 1. The lowest BCUT2D eigenvalue weighted by Crippen LogP contribution is -2.59. The minimum absolute atomic E-state index is 0.0346. The van der Waals surface area contributed by atoms with Crippen molar-refractivity contribution in [2.75, 3.05) is 25.1 Å². The van der Waals surface area contributed by atoms with Gasteiger partial charge in [0.1, 0.15) is 53.6 Å². The molecule has 0 bridgehead atoms. The largest absolute Gasteiger partial charge is 0.491 e. The molecule has 15 nitrogen and oxygen atoms in total. The number of aromatic nitrogens is 2. The maximum Gasteiger partial charge on any atom is 0.408 e. The van der Waals surface area contributed by atoms with Gasteiger partial charge in [-0.15, -0.1) is 17.9 Å². The van der Waals surface area contributed by atoms with Gasteiger partial charge in [-0.2, -0.15) is 0 Å². The molecule has 5 N–H and O–H groups in total. The van der Waals surface area contributed by atoms with Crippen LogP contribution in [0.4, 0.5) is 9.93 Å². The molecule has 16 heteroatoms. The minimum Gasteiger partial charge on any atom is -0.491 e. The average Bonchev–Trinajstić information content (AvgIpc) is 3.82. The van der Waals surface area contributed by atoms with E-state index < -0.39 is 58.9 Å². The van der Waals surface area contributed by atoms with Crippen LogP contribution >= 0.6 is 11.3 Å². The van der Waals surface area contributed by atoms with E-state index in [1.807, 2.05) is 40.0 Å². The first-order valence-corrected chi connectivity index (χ1v) is 20.5. The number of hydrogen-bond donors (Lipinski definition) is 5. The Labute approximate surface area is 335 Å². The molecule has 57 heavy (non-hydrogen) atoms. The number of rotatable bonds is 15. The van der Waals surface area contributed by atoms with Gasteiger partial charge in [-0.05, 0) is 68.9 Å². The van der Waals surface area contributed by atoms with Crippen LogP contribution in [-0.2, 0) is 19.1 Å². The van der Waals surface area contributed by atoms with Crippen molar-refractivity contribution in [1.82, 2.24) is 25.5 Å². The fraction of sp³-hybridized carbons (Fsp3) is 0.561. The van der Waals surface area contributed by atoms with Gasteiger partial charge < -0.3 is 45.3 Å². The van der Waals surface area contributed by atoms with E-state index in [1.54, 1.807) is 24.3 Å². The minimum atomic E-state index is -1.53. The molecule has 3 amide bonds. The van der Waals surface area contributed by atoms with Crippen LogP contribution in [0.25, 0.3) is 22.3 Å². The molecule has 8 atom stereocenters. The summed E-state index contributed by atoms with van der Waals surface area (Å²) < 4.78 is 18.1. The van der Waals surface area contributed by atoms with Gasteiger partial charge in [0, 0.05) is 41.3 Å². The summed E-state index contributed by atoms with van der Waals surface area (Å²) in [7, 11) is 0. The van der Waals surface area contributed by atoms with Gasteiger partial charge in [0.25, 0.3) is 0 Å². The summed E-state index contributed by atoms with van der Waals surface area (Å²) in [4.78, 5) is 65.5. The second-order valence-electron chi connectivity index (χ2n) is 17.1. The summed E-state index contributed by atoms with van der Waals surface area (Å²) in [6, 6.07) is 5.02. The van der Waals surface area contributed by atoms with Crippen LogP contribution in [0, 0.1) is 23.2 Å². The number of fused-ring (bicyclic) bond motifs is 2. The summed E-state index contributed by atoms with van der Waals surface area (Å²) in [6.45, 7) is 13.1. The zero-order valence-corrected chi connectivity index (χ0v) is 33.8. The fourth-order valence-electron chi connectivity index (χ4n) is 8.11. The van der Waals surface area contributed by atoms with Crippen molar-refractivity contribution in [3.8, 4) is 22.9 Å². The van der Waals surface area contributed by atoms with E-state index in [-0.39, 0.29) is 44.7 Å². The Bertz CT molecular complexity index is 2040. The number of aliphatic hydroxyl groups excluding tert-OH is 1. The van der Waals surface area contributed by atoms with E-state index in [9.17, 15) is 29.4 Å². The second-order valence-corrected chi connectivity index (χ2v) is 17.9. The van der Waals surface area contributed by atoms with E-state index in [0.717, 1.165) is 18.0 Å². The summed E-state index contributed by atoms with van der Waals surface area (Å²) in [5.74, 6) is -0.685. The maximum absolute atomic E-state index is 14.7. The van der Waals surface area contributed by atoms with Crippen molar-refractivity contribution in [3.63, 3.8) is 0 Å². The standard InChI is InChI=1S/C41H52N6O9S/c1-7-24-18-41(24,37(51)52)46-35(49)32-16-27(19-47(32)36(50)34(40(4,5)6)45-39(53)56-26-13-22-12-23(22)14-26)55-33-17-30(31-20-57-38(44-31)42-21(2)3)43-29-15-25(54-11-10-48)8-9-28(29)33/h7-9,15,17,20-24,26-27,32,34,48H,1,10-14,16,18-19H2,2-6H3,(H,42,44)(H,45,53)(H,46,49)(H,51,52)/t22-,23+,24-,26+,27+,32+,34-,41+/m1/s1. The first-order chi connectivity index (χ1) is 27.1. The van der Waals surface area contributed by atoms with Crippen LogP contribution < -0.4 is 25.4 Å². The molecular weight excluding hydrogens is 753 g/mol. The number of pyridine rings is 1. The molecule has 0 spiro atoms. The van der Waals surface area contributed by atoms with Gasteiger partial charge >= 0.3 is 12.1 Å². The number of hydrogen-bond acceptors (Lipinski definition) is 12. The molecule has 3 aromatic rings. The number of benzene rings is 1. The SMILES string of the molecule is C=C[C@@H]1C[C@@]1(NC(=O)[C@@H]1C[C@H](Oc2cc(-c3csc(NC(C)C)n3)nc3cc(OCCO)ccc23)CN1C(=O)[C@@H](NC(=O)O[C@@H]1C[C@@H]2C[C@@H]2C1)C(C)(C)C)C(=O)O. The van der Waals surface area contributed by atoms with Crippen LogP contribution in [0.3, 0.4) is 0 Å². The van der Waals surface area contributed by atoms with Gasteiger partial charge in [-0.1, -0.05) is 26.8 Å². The molecule has 2 aromatic heterocycles. The lowest BCUT2D eigenvalue weighted by molar-refractivity contribution is -0.146. The number of anilines is 1. The Morgan fingerprint density at radius 3 is 2.47 bits per heavy atom. The molecule has 7 rings (SSSR count). The summed E-state index contributed by atoms with van der Waals surface area (Å²) in [5.41, 5.74) is -0.649. The predicted molar refractivity (Wildman–Crippen MR) is 213 cm³/mol. The van der Waals surface area contributed by atoms with Gasteiger partial charge in [-0.3, -0.25) is 9.59 Å². The fourth-order valence-corrected chi connectivity index (χ4v) is 8.96. The topological polar surface area (TPSA) is 202 Å². The Hall–Kier alpha value is -4.96. The number of carbonyl (C=O) groups excluding carboxylic acids is 3. The third-order valence-electron chi connectivity index (χ3n) is 11.3. The van der Waals surface area contributed by atoms with Crippen molar-refractivity contribution >= 4 is 51.2 Å². The van der Waals surface area contributed by atoms with Crippen molar-refractivity contribution in [2.45, 2.75) is 103 Å². The number of carbonyl (C=O) groups is 4. The Kier molecular flexibility index (Phi) is 11.1. The molecule has 1 saturated heterocycles. The van der Waals surface area contributed by atoms with Gasteiger partial charge in [0.2, 0.25) is 11.8 Å². The van der Waals surface area contributed by atoms with Crippen LogP contribution in [0.2, 0.25) is 0 Å². The number of ether oxygens (including phenoxy) is 3. The van der Waals surface area contributed by atoms with Gasteiger partial charge in [0.15, 0.2) is 5.13 Å². The molecule has 1 aromatic carbocycles. The summed E-state index contributed by atoms with van der Waals surface area (Å²) in [6.07, 6.45) is 2.91. The van der Waals surface area contributed by atoms with Gasteiger partial charge in [-0.25, -0.2) is 19.6 Å². The third-order valence-corrected chi connectivity index (χ3v) is 12.1. The Morgan fingerprint density at radius 1 is 1.07 bits per heavy atom. The summed E-state index contributed by atoms with van der Waals surface area (Å²) in [5, 5.41) is 31.5. The highest BCUT2D eigenvalue weighted by molar-refractivity contribution is 7.14. The number of carboxylic acid groups (broad SMARTS) is 1. The third kappa shape index (κ3) is 8.66. The average molecular weight is 805 g/mol. The molecule has 3 aliphatic carbocycles. The maximum atomic E-state index is 14.7. The Morgan fingerprint density at radius 2 is 1.82 bits per heavy atom. The number of aliphatic carboxylic acids is 1. The molecule has 3 heterocycles. The van der Waals surface area contributed by atoms with E-state index in [2.05, 4.69) is 22.5 Å². The van der Waals surface area contributed by atoms with Crippen molar-refractivity contribution in [1.29, 1.82) is 0 Å². The zero-order chi connectivity index (χ0) is 40.8. The molecule has 3 saturated carbocycles. The van der Waals surface area contributed by atoms with E-state index in [0.29, 0.717) is 45.6 Å². The number of aliphatic hydroxyl groups is 1. The predicted octanol–water partition coefficient (Wildman–Crippen LogP) is 4.98. The number of thiazole rings is 1. The van der Waals surface area contributed by atoms with E-state index in [1.165, 1.54) is 28.7 Å². The van der Waals surface area contributed by atoms with E-state index in [4.69, 9.17) is 24.2 Å². The number of likely N-dealkylation sites (tertiary alicyclic amines) is 1. The van der Waals surface area contributed by atoms with Crippen molar-refractivity contribution in [2.24, 2.45) is 23.2 Å². The highest BCUT2D eigenvalue weighted by atomic mass is 32.1. The molecule has 1 aliphatic heterocycles. The Balaban J connectivity index is 1.19. The summed E-state index contributed by atoms with van der Waals surface area (Å²) >= 11 is 1.44. The molecular formula is C41H52N6O9S. The quantitative estimate of drug-likeness (QED) is 0.129. The number of nitrogens with zero attached hydrogens (tertiary/aromatic N) is 3. The second kappa shape index (κ2) is 15.8. The normalized spacial score (nSPS) is 26.7. The molecule has 306 valence electrons. The van der Waals surface area contributed by atoms with Gasteiger partial charge in [0.05, 0.1) is 24.4 Å². The van der Waals surface area contributed by atoms with Crippen LogP contribution in [0.1, 0.15) is 66.7 Å². The molecule has 4 aliphatic rings. The zero-order valence-electron chi connectivity index (χ0n) is 32.9. The van der Waals surface area contributed by atoms with Crippen LogP contribution in [-0.4, -0.2) is 105 Å². The van der Waals surface area contributed by atoms with Crippen LogP contribution in [0.5, 0.6) is 11.5 Å². The van der Waals surface area contributed by atoms with Crippen LogP contribution in [0.15, 0.2) is 42.3 Å². The first kappa shape index (κ1) is 40.2. The number of nitrogens with one attached hydrogen (secondary N) is 3. The molecule has 0 unspecified atom stereocenters. The van der Waals surface area contributed by atoms with Crippen molar-refractivity contribution < 1.29 is 43.6 Å². The lowest BCUT2D eigenvalue weighted by Gasteiger charge is -2.35. The molecule has 4 fully saturated rings.